The summed E-state index contributed by atoms with van der Waals surface area (Å²) in [6.45, 7) is 6.95. The zero-order valence-corrected chi connectivity index (χ0v) is 23.2. The molecule has 2 aromatic carbocycles. The molecule has 0 spiro atoms. The topological polar surface area (TPSA) is 86.8 Å². The van der Waals surface area contributed by atoms with Crippen molar-refractivity contribution in [3.05, 3.63) is 64.7 Å². The van der Waals surface area contributed by atoms with E-state index in [0.29, 0.717) is 36.6 Å². The van der Waals surface area contributed by atoms with Gasteiger partial charge in [0.05, 0.1) is 11.9 Å². The molecule has 36 heavy (non-hydrogen) atoms. The quantitative estimate of drug-likeness (QED) is 0.348. The molecule has 0 radical (unpaired) electrons. The zero-order valence-electron chi connectivity index (χ0n) is 21.7. The van der Waals surface area contributed by atoms with E-state index in [2.05, 4.69) is 12.2 Å². The van der Waals surface area contributed by atoms with E-state index >= 15 is 0 Å². The Labute approximate surface area is 220 Å². The number of nitrogens with zero attached hydrogens (tertiary/aromatic N) is 2. The van der Waals surface area contributed by atoms with E-state index in [1.54, 1.807) is 29.2 Å². The fourth-order valence-electron chi connectivity index (χ4n) is 4.03. The number of halogens is 1. The predicted molar refractivity (Wildman–Crippen MR) is 147 cm³/mol. The first-order valence-electron chi connectivity index (χ1n) is 12.4. The van der Waals surface area contributed by atoms with Gasteiger partial charge in [-0.2, -0.15) is 0 Å². The second-order valence-electron chi connectivity index (χ2n) is 8.94. The summed E-state index contributed by atoms with van der Waals surface area (Å²) in [6.07, 6.45) is 3.86. The predicted octanol–water partition coefficient (Wildman–Crippen LogP) is 4.92. The van der Waals surface area contributed by atoms with Crippen LogP contribution in [0.3, 0.4) is 0 Å². The van der Waals surface area contributed by atoms with Crippen LogP contribution in [-0.4, -0.2) is 50.5 Å². The van der Waals surface area contributed by atoms with Gasteiger partial charge in [0, 0.05) is 31.1 Å². The van der Waals surface area contributed by atoms with Crippen molar-refractivity contribution in [2.24, 2.45) is 0 Å². The molecule has 2 amide bonds. The van der Waals surface area contributed by atoms with Gasteiger partial charge in [-0.3, -0.25) is 13.9 Å². The monoisotopic (exact) mass is 535 g/mol. The maximum Gasteiger partial charge on any atom is 0.242 e. The van der Waals surface area contributed by atoms with E-state index in [0.717, 1.165) is 30.2 Å². The minimum atomic E-state index is -3.57. The van der Waals surface area contributed by atoms with Gasteiger partial charge in [0.1, 0.15) is 6.04 Å². The van der Waals surface area contributed by atoms with Crippen molar-refractivity contribution in [2.75, 3.05) is 23.7 Å². The van der Waals surface area contributed by atoms with Gasteiger partial charge < -0.3 is 10.2 Å². The molecule has 0 aliphatic carbocycles. The molecule has 1 atom stereocenters. The van der Waals surface area contributed by atoms with E-state index in [4.69, 9.17) is 11.6 Å². The molecule has 9 heteroatoms. The van der Waals surface area contributed by atoms with Crippen LogP contribution in [-0.2, 0) is 26.2 Å². The number of anilines is 1. The first-order chi connectivity index (χ1) is 17.1. The third-order valence-electron chi connectivity index (χ3n) is 6.07. The Morgan fingerprint density at radius 3 is 2.39 bits per heavy atom. The minimum Gasteiger partial charge on any atom is -0.354 e. The highest BCUT2D eigenvalue weighted by Crippen LogP contribution is 2.23. The molecule has 0 bridgehead atoms. The number of sulfonamides is 1. The first kappa shape index (κ1) is 29.6. The lowest BCUT2D eigenvalue weighted by molar-refractivity contribution is -0.141. The number of hydrogen-bond donors (Lipinski definition) is 1. The van der Waals surface area contributed by atoms with Crippen LogP contribution in [0.1, 0.15) is 57.1 Å². The Hall–Kier alpha value is -2.58. The van der Waals surface area contributed by atoms with E-state index in [9.17, 15) is 18.0 Å². The molecule has 0 aliphatic rings. The van der Waals surface area contributed by atoms with Gasteiger partial charge in [-0.1, -0.05) is 62.2 Å². The first-order valence-corrected chi connectivity index (χ1v) is 14.7. The van der Waals surface area contributed by atoms with Crippen LogP contribution in [0.4, 0.5) is 5.69 Å². The Morgan fingerprint density at radius 2 is 1.78 bits per heavy atom. The van der Waals surface area contributed by atoms with Gasteiger partial charge in [-0.05, 0) is 55.5 Å². The van der Waals surface area contributed by atoms with Crippen LogP contribution in [0.25, 0.3) is 0 Å². The fourth-order valence-corrected chi connectivity index (χ4v) is 5.17. The molecule has 2 aromatic rings. The molecule has 0 fully saturated rings. The van der Waals surface area contributed by atoms with Gasteiger partial charge in [0.15, 0.2) is 0 Å². The molecule has 0 saturated carbocycles. The molecule has 7 nitrogen and oxygen atoms in total. The standard InChI is InChI=1S/C27H38ClN3O4S/c1-5-7-17-29-27(33)25(6-2)30(20-22-13-9-8-12-21(22)3)26(32)16-11-18-31(36(4,34)35)24-15-10-14-23(28)19-24/h8-10,12-15,19,25H,5-7,11,16-18,20H2,1-4H3,(H,29,33)/t25-/m0/s1. The second-order valence-corrected chi connectivity index (χ2v) is 11.3. The lowest BCUT2D eigenvalue weighted by Gasteiger charge is -2.31. The molecule has 0 saturated heterocycles. The number of benzene rings is 2. The summed E-state index contributed by atoms with van der Waals surface area (Å²) in [5.41, 5.74) is 2.47. The van der Waals surface area contributed by atoms with Crippen LogP contribution in [0, 0.1) is 6.92 Å². The number of hydrogen-bond acceptors (Lipinski definition) is 4. The fraction of sp³-hybridized carbons (Fsp3) is 0.481. The SMILES string of the molecule is CCCCNC(=O)[C@H](CC)N(Cc1ccccc1C)C(=O)CCCN(c1cccc(Cl)c1)S(C)(=O)=O. The van der Waals surface area contributed by atoms with Crippen molar-refractivity contribution in [3.63, 3.8) is 0 Å². The Kier molecular flexibility index (Phi) is 11.7. The van der Waals surface area contributed by atoms with Crippen molar-refractivity contribution >= 4 is 39.1 Å². The third-order valence-corrected chi connectivity index (χ3v) is 7.49. The number of carbonyl (C=O) groups is 2. The number of nitrogens with one attached hydrogen (secondary N) is 1. The molecule has 198 valence electrons. The molecular weight excluding hydrogens is 498 g/mol. The van der Waals surface area contributed by atoms with Crippen molar-refractivity contribution in [1.29, 1.82) is 0 Å². The van der Waals surface area contributed by atoms with Crippen LogP contribution >= 0.6 is 11.6 Å². The van der Waals surface area contributed by atoms with Gasteiger partial charge in [0.2, 0.25) is 21.8 Å². The second kappa shape index (κ2) is 14.2. The minimum absolute atomic E-state index is 0.108. The average molecular weight is 536 g/mol. The van der Waals surface area contributed by atoms with Crippen LogP contribution < -0.4 is 9.62 Å². The summed E-state index contributed by atoms with van der Waals surface area (Å²) >= 11 is 6.06. The highest BCUT2D eigenvalue weighted by atomic mass is 35.5. The Bertz CT molecular complexity index is 1120. The lowest BCUT2D eigenvalue weighted by atomic mass is 10.1. The molecule has 1 N–H and O–H groups in total. The van der Waals surface area contributed by atoms with Crippen molar-refractivity contribution < 1.29 is 18.0 Å². The highest BCUT2D eigenvalue weighted by molar-refractivity contribution is 7.92. The molecule has 2 rings (SSSR count). The Balaban J connectivity index is 2.21. The normalized spacial score (nSPS) is 12.1. The van der Waals surface area contributed by atoms with Crippen molar-refractivity contribution in [3.8, 4) is 0 Å². The van der Waals surface area contributed by atoms with Gasteiger partial charge in [-0.25, -0.2) is 8.42 Å². The van der Waals surface area contributed by atoms with Crippen LogP contribution in [0.15, 0.2) is 48.5 Å². The smallest absolute Gasteiger partial charge is 0.242 e. The summed E-state index contributed by atoms with van der Waals surface area (Å²) in [7, 11) is -3.57. The zero-order chi connectivity index (χ0) is 26.7. The van der Waals surface area contributed by atoms with Crippen LogP contribution in [0.5, 0.6) is 0 Å². The summed E-state index contributed by atoms with van der Waals surface area (Å²) < 4.78 is 26.1. The van der Waals surface area contributed by atoms with Gasteiger partial charge >= 0.3 is 0 Å². The third kappa shape index (κ3) is 8.82. The van der Waals surface area contributed by atoms with Crippen molar-refractivity contribution in [1.82, 2.24) is 10.2 Å². The lowest BCUT2D eigenvalue weighted by Crippen LogP contribution is -2.49. The average Bonchev–Trinajstić information content (AvgIpc) is 2.82. The molecular formula is C27H38ClN3O4S. The molecule has 0 aliphatic heterocycles. The van der Waals surface area contributed by atoms with Gasteiger partial charge in [0.25, 0.3) is 0 Å². The largest absolute Gasteiger partial charge is 0.354 e. The molecule has 0 heterocycles. The van der Waals surface area contributed by atoms with Crippen molar-refractivity contribution in [2.45, 2.75) is 65.5 Å². The van der Waals surface area contributed by atoms with Gasteiger partial charge in [-0.15, -0.1) is 0 Å². The number of aryl methyl sites for hydroxylation is 1. The molecule has 0 unspecified atom stereocenters. The Morgan fingerprint density at radius 1 is 1.06 bits per heavy atom. The van der Waals surface area contributed by atoms with Crippen LogP contribution in [0.2, 0.25) is 5.02 Å². The molecule has 0 aromatic heterocycles. The summed E-state index contributed by atoms with van der Waals surface area (Å²) in [4.78, 5) is 28.1. The number of carbonyl (C=O) groups excluding carboxylic acids is 2. The number of amides is 2. The highest BCUT2D eigenvalue weighted by Gasteiger charge is 2.29. The summed E-state index contributed by atoms with van der Waals surface area (Å²) in [5.74, 6) is -0.347. The van der Waals surface area contributed by atoms with E-state index in [1.165, 1.54) is 4.31 Å². The summed E-state index contributed by atoms with van der Waals surface area (Å²) in [5, 5.41) is 3.39. The number of rotatable bonds is 14. The van der Waals surface area contributed by atoms with E-state index in [1.807, 2.05) is 38.1 Å². The number of unbranched alkanes of at least 4 members (excludes halogenated alkanes) is 1. The summed E-state index contributed by atoms with van der Waals surface area (Å²) in [6, 6.07) is 13.8. The maximum absolute atomic E-state index is 13.5. The van der Waals surface area contributed by atoms with E-state index in [-0.39, 0.29) is 24.8 Å². The maximum atomic E-state index is 13.5. The van der Waals surface area contributed by atoms with E-state index < -0.39 is 16.1 Å².